The highest BCUT2D eigenvalue weighted by Gasteiger charge is 2.09. The maximum Gasteiger partial charge on any atom is 0.411 e. The largest absolute Gasteiger partial charge is 0.454 e. The number of hydrogen-bond donors (Lipinski definition) is 1. The number of hydrogen-bond acceptors (Lipinski definition) is 4. The molecule has 2 aromatic carbocycles. The summed E-state index contributed by atoms with van der Waals surface area (Å²) in [6, 6.07) is 16.6. The fourth-order valence-corrected chi connectivity index (χ4v) is 2.07. The van der Waals surface area contributed by atoms with Crippen LogP contribution in [0.5, 0.6) is 11.5 Å². The minimum absolute atomic E-state index is 0.0504. The Morgan fingerprint density at radius 1 is 1.04 bits per heavy atom. The lowest BCUT2D eigenvalue weighted by atomic mass is 10.2. The molecule has 0 aliphatic rings. The van der Waals surface area contributed by atoms with E-state index in [0.29, 0.717) is 5.75 Å². The van der Waals surface area contributed by atoms with Gasteiger partial charge in [-0.1, -0.05) is 30.3 Å². The van der Waals surface area contributed by atoms with Crippen LogP contribution in [0, 0.1) is 5.82 Å². The van der Waals surface area contributed by atoms with Crippen LogP contribution in [0.1, 0.15) is 5.56 Å². The summed E-state index contributed by atoms with van der Waals surface area (Å²) < 4.78 is 24.6. The number of pyridine rings is 1. The van der Waals surface area contributed by atoms with Gasteiger partial charge in [0.05, 0.1) is 0 Å². The molecule has 25 heavy (non-hydrogen) atoms. The molecule has 0 saturated heterocycles. The predicted molar refractivity (Wildman–Crippen MR) is 91.0 cm³/mol. The van der Waals surface area contributed by atoms with Crippen LogP contribution in [0.2, 0.25) is 0 Å². The van der Waals surface area contributed by atoms with E-state index in [1.807, 2.05) is 30.3 Å². The Kier molecular flexibility index (Phi) is 5.21. The second-order valence-corrected chi connectivity index (χ2v) is 5.12. The molecule has 0 atom stereocenters. The average molecular weight is 338 g/mol. The van der Waals surface area contributed by atoms with Crippen LogP contribution in [0.3, 0.4) is 0 Å². The summed E-state index contributed by atoms with van der Waals surface area (Å²) in [5.74, 6) is -0.0797. The van der Waals surface area contributed by atoms with Crippen LogP contribution in [0.15, 0.2) is 73.1 Å². The predicted octanol–water partition coefficient (Wildman–Crippen LogP) is 4.76. The Morgan fingerprint density at radius 3 is 2.52 bits per heavy atom. The van der Waals surface area contributed by atoms with Crippen molar-refractivity contribution >= 4 is 11.8 Å². The summed E-state index contributed by atoms with van der Waals surface area (Å²) in [6.45, 7) is 0.137. The Balaban J connectivity index is 1.58. The van der Waals surface area contributed by atoms with Crippen molar-refractivity contribution in [2.75, 3.05) is 5.32 Å². The fourth-order valence-electron chi connectivity index (χ4n) is 2.07. The number of benzene rings is 2. The zero-order chi connectivity index (χ0) is 17.5. The van der Waals surface area contributed by atoms with Gasteiger partial charge in [-0.15, -0.1) is 0 Å². The summed E-state index contributed by atoms with van der Waals surface area (Å²) in [6.07, 6.45) is 2.43. The Hall–Kier alpha value is -3.41. The molecule has 1 amide bonds. The van der Waals surface area contributed by atoms with E-state index < -0.39 is 11.9 Å². The molecular formula is C19H15FN2O3. The van der Waals surface area contributed by atoms with Crippen LogP contribution in [-0.2, 0) is 11.3 Å². The number of aromatic nitrogens is 1. The SMILES string of the molecule is O=C(Nc1ccc(Oc2ccncc2)c(F)c1)OCc1ccccc1. The summed E-state index contributed by atoms with van der Waals surface area (Å²) >= 11 is 0. The lowest BCUT2D eigenvalue weighted by molar-refractivity contribution is 0.155. The van der Waals surface area contributed by atoms with Gasteiger partial charge in [0.2, 0.25) is 0 Å². The van der Waals surface area contributed by atoms with Crippen molar-refractivity contribution in [3.05, 3.63) is 84.4 Å². The molecule has 126 valence electrons. The van der Waals surface area contributed by atoms with Gasteiger partial charge in [-0.25, -0.2) is 9.18 Å². The van der Waals surface area contributed by atoms with Crippen LogP contribution < -0.4 is 10.1 Å². The van der Waals surface area contributed by atoms with E-state index in [1.54, 1.807) is 24.5 Å². The normalized spacial score (nSPS) is 10.1. The van der Waals surface area contributed by atoms with E-state index >= 15 is 0 Å². The second-order valence-electron chi connectivity index (χ2n) is 5.12. The topological polar surface area (TPSA) is 60.5 Å². The maximum absolute atomic E-state index is 14.1. The molecule has 1 N–H and O–H groups in total. The third kappa shape index (κ3) is 4.78. The second kappa shape index (κ2) is 7.92. The van der Waals surface area contributed by atoms with E-state index in [0.717, 1.165) is 5.56 Å². The lowest BCUT2D eigenvalue weighted by Gasteiger charge is -2.10. The van der Waals surface area contributed by atoms with Crippen molar-refractivity contribution in [3.63, 3.8) is 0 Å². The van der Waals surface area contributed by atoms with Crippen molar-refractivity contribution in [1.82, 2.24) is 4.98 Å². The number of amides is 1. The standard InChI is InChI=1S/C19H15FN2O3/c20-17-12-15(6-7-18(17)25-16-8-10-21-11-9-16)22-19(23)24-13-14-4-2-1-3-5-14/h1-12H,13H2,(H,22,23). The Morgan fingerprint density at radius 2 is 1.80 bits per heavy atom. The first kappa shape index (κ1) is 16.4. The van der Waals surface area contributed by atoms with Gasteiger partial charge in [-0.2, -0.15) is 0 Å². The minimum atomic E-state index is -0.661. The molecule has 0 radical (unpaired) electrons. The van der Waals surface area contributed by atoms with Gasteiger partial charge in [-0.3, -0.25) is 10.3 Å². The molecular weight excluding hydrogens is 323 g/mol. The Bertz CT molecular complexity index is 842. The highest BCUT2D eigenvalue weighted by atomic mass is 19.1. The van der Waals surface area contributed by atoms with E-state index in [2.05, 4.69) is 10.3 Å². The number of anilines is 1. The molecule has 0 saturated carbocycles. The number of rotatable bonds is 5. The molecule has 0 spiro atoms. The van der Waals surface area contributed by atoms with Gasteiger partial charge in [0.1, 0.15) is 12.4 Å². The molecule has 6 heteroatoms. The molecule has 0 aliphatic heterocycles. The molecule has 0 bridgehead atoms. The monoisotopic (exact) mass is 338 g/mol. The summed E-state index contributed by atoms with van der Waals surface area (Å²) in [7, 11) is 0. The zero-order valence-corrected chi connectivity index (χ0v) is 13.2. The molecule has 0 aliphatic carbocycles. The lowest BCUT2D eigenvalue weighted by Crippen LogP contribution is -2.13. The minimum Gasteiger partial charge on any atom is -0.454 e. The first-order chi connectivity index (χ1) is 12.2. The quantitative estimate of drug-likeness (QED) is 0.728. The van der Waals surface area contributed by atoms with Crippen LogP contribution in [-0.4, -0.2) is 11.1 Å². The van der Waals surface area contributed by atoms with E-state index in [1.165, 1.54) is 18.2 Å². The highest BCUT2D eigenvalue weighted by Crippen LogP contribution is 2.26. The van der Waals surface area contributed by atoms with Gasteiger partial charge >= 0.3 is 6.09 Å². The summed E-state index contributed by atoms with van der Waals surface area (Å²) in [4.78, 5) is 15.6. The number of nitrogens with zero attached hydrogens (tertiary/aromatic N) is 1. The van der Waals surface area contributed by atoms with Gasteiger partial charge < -0.3 is 9.47 Å². The van der Waals surface area contributed by atoms with Gasteiger partial charge in [0, 0.05) is 24.1 Å². The summed E-state index contributed by atoms with van der Waals surface area (Å²) in [5.41, 5.74) is 1.14. The molecule has 1 aromatic heterocycles. The third-order valence-electron chi connectivity index (χ3n) is 3.27. The van der Waals surface area contributed by atoms with Crippen molar-refractivity contribution in [3.8, 4) is 11.5 Å². The summed E-state index contributed by atoms with van der Waals surface area (Å²) in [5, 5.41) is 2.48. The number of carbonyl (C=O) groups excluding carboxylic acids is 1. The van der Waals surface area contributed by atoms with Gasteiger partial charge in [-0.05, 0) is 29.8 Å². The fraction of sp³-hybridized carbons (Fsp3) is 0.0526. The van der Waals surface area contributed by atoms with Crippen LogP contribution in [0.4, 0.5) is 14.9 Å². The number of carbonyl (C=O) groups is 1. The molecule has 3 aromatic rings. The van der Waals surface area contributed by atoms with Gasteiger partial charge in [0.25, 0.3) is 0 Å². The highest BCUT2D eigenvalue weighted by molar-refractivity contribution is 5.84. The van der Waals surface area contributed by atoms with E-state index in [9.17, 15) is 9.18 Å². The van der Waals surface area contributed by atoms with Crippen molar-refractivity contribution < 1.29 is 18.7 Å². The molecule has 5 nitrogen and oxygen atoms in total. The maximum atomic E-state index is 14.1. The smallest absolute Gasteiger partial charge is 0.411 e. The van der Waals surface area contributed by atoms with Crippen LogP contribution in [0.25, 0.3) is 0 Å². The van der Waals surface area contributed by atoms with E-state index in [4.69, 9.17) is 9.47 Å². The molecule has 0 unspecified atom stereocenters. The number of nitrogens with one attached hydrogen (secondary N) is 1. The number of ether oxygens (including phenoxy) is 2. The van der Waals surface area contributed by atoms with Crippen molar-refractivity contribution in [2.45, 2.75) is 6.61 Å². The van der Waals surface area contributed by atoms with Crippen molar-refractivity contribution in [1.29, 1.82) is 0 Å². The van der Waals surface area contributed by atoms with Crippen molar-refractivity contribution in [2.24, 2.45) is 0 Å². The molecule has 3 rings (SSSR count). The van der Waals surface area contributed by atoms with E-state index in [-0.39, 0.29) is 18.0 Å². The molecule has 1 heterocycles. The van der Waals surface area contributed by atoms with Gasteiger partial charge in [0.15, 0.2) is 11.6 Å². The zero-order valence-electron chi connectivity index (χ0n) is 13.2. The Labute approximate surface area is 144 Å². The molecule has 0 fully saturated rings. The third-order valence-corrected chi connectivity index (χ3v) is 3.27. The van der Waals surface area contributed by atoms with Crippen LogP contribution >= 0.6 is 0 Å². The first-order valence-corrected chi connectivity index (χ1v) is 7.56. The number of halogens is 1. The first-order valence-electron chi connectivity index (χ1n) is 7.56. The average Bonchev–Trinajstić information content (AvgIpc) is 2.64.